The molecule has 0 spiro atoms. The quantitative estimate of drug-likeness (QED) is 0.609. The van der Waals surface area contributed by atoms with Gasteiger partial charge in [-0.25, -0.2) is 0 Å². The summed E-state index contributed by atoms with van der Waals surface area (Å²) in [5.74, 6) is 0.930. The predicted molar refractivity (Wildman–Crippen MR) is 123 cm³/mol. The maximum Gasteiger partial charge on any atom is 0.123 e. The fourth-order valence-corrected chi connectivity index (χ4v) is 4.42. The first-order chi connectivity index (χ1) is 15.0. The number of aromatic nitrogens is 2. The second kappa shape index (κ2) is 9.67. The van der Waals surface area contributed by atoms with Crippen LogP contribution in [-0.4, -0.2) is 32.9 Å². The van der Waals surface area contributed by atoms with Crippen molar-refractivity contribution < 1.29 is 9.84 Å². The van der Waals surface area contributed by atoms with Gasteiger partial charge >= 0.3 is 0 Å². The van der Waals surface area contributed by atoms with Crippen LogP contribution in [0.2, 0.25) is 0 Å². The first-order valence-corrected chi connectivity index (χ1v) is 11.3. The topological polar surface area (TPSA) is 50.5 Å². The molecule has 0 amide bonds. The van der Waals surface area contributed by atoms with E-state index in [1.54, 1.807) is 0 Å². The third-order valence-electron chi connectivity index (χ3n) is 6.29. The van der Waals surface area contributed by atoms with Crippen molar-refractivity contribution in [2.45, 2.75) is 59.4 Å². The molecule has 1 atom stereocenters. The van der Waals surface area contributed by atoms with Crippen molar-refractivity contribution in [1.29, 1.82) is 0 Å². The molecule has 0 unspecified atom stereocenters. The third kappa shape index (κ3) is 5.00. The van der Waals surface area contributed by atoms with Crippen molar-refractivity contribution in [3.8, 4) is 5.75 Å². The molecule has 1 aliphatic rings. The number of hydrogen-bond acceptors (Lipinski definition) is 4. The molecule has 0 saturated carbocycles. The summed E-state index contributed by atoms with van der Waals surface area (Å²) < 4.78 is 8.10. The van der Waals surface area contributed by atoms with Crippen molar-refractivity contribution in [2.24, 2.45) is 0 Å². The number of aliphatic hydroxyl groups excluding tert-OH is 1. The first kappa shape index (κ1) is 21.6. The van der Waals surface area contributed by atoms with Crippen molar-refractivity contribution in [1.82, 2.24) is 14.7 Å². The zero-order chi connectivity index (χ0) is 21.8. The molecular formula is C26H33N3O2. The molecule has 164 valence electrons. The Hall–Kier alpha value is -2.63. The molecule has 0 radical (unpaired) electrons. The van der Waals surface area contributed by atoms with Crippen molar-refractivity contribution in [3.05, 3.63) is 82.2 Å². The van der Waals surface area contributed by atoms with Crippen LogP contribution in [0.4, 0.5) is 0 Å². The summed E-state index contributed by atoms with van der Waals surface area (Å²) >= 11 is 0. The van der Waals surface area contributed by atoms with Crippen LogP contribution in [0.15, 0.2) is 48.5 Å². The minimum absolute atomic E-state index is 0.477. The molecule has 2 heterocycles. The van der Waals surface area contributed by atoms with Crippen LogP contribution in [0.25, 0.3) is 0 Å². The van der Waals surface area contributed by atoms with Gasteiger partial charge in [-0.05, 0) is 56.9 Å². The van der Waals surface area contributed by atoms with Gasteiger partial charge in [-0.3, -0.25) is 9.58 Å². The fourth-order valence-electron chi connectivity index (χ4n) is 4.42. The summed E-state index contributed by atoms with van der Waals surface area (Å²) in [6, 6.07) is 16.5. The van der Waals surface area contributed by atoms with Crippen molar-refractivity contribution >= 4 is 0 Å². The number of fused-ring (bicyclic) bond motifs is 1. The Morgan fingerprint density at radius 1 is 1.13 bits per heavy atom. The molecule has 0 aliphatic carbocycles. The van der Waals surface area contributed by atoms with E-state index in [9.17, 15) is 5.11 Å². The molecule has 31 heavy (non-hydrogen) atoms. The number of nitrogens with zero attached hydrogens (tertiary/aromatic N) is 3. The number of ether oxygens (including phenoxy) is 1. The maximum atomic E-state index is 10.8. The minimum atomic E-state index is -0.477. The van der Waals surface area contributed by atoms with Crippen LogP contribution in [0.3, 0.4) is 0 Å². The van der Waals surface area contributed by atoms with E-state index in [2.05, 4.69) is 53.7 Å². The second-order valence-electron chi connectivity index (χ2n) is 8.43. The van der Waals surface area contributed by atoms with E-state index in [0.717, 1.165) is 55.2 Å². The average Bonchev–Trinajstić information content (AvgIpc) is 2.94. The Kier molecular flexibility index (Phi) is 6.73. The van der Waals surface area contributed by atoms with E-state index >= 15 is 0 Å². The van der Waals surface area contributed by atoms with Gasteiger partial charge in [0.15, 0.2) is 0 Å². The molecule has 2 aromatic carbocycles. The van der Waals surface area contributed by atoms with E-state index in [4.69, 9.17) is 4.74 Å². The van der Waals surface area contributed by atoms with Crippen LogP contribution < -0.4 is 4.74 Å². The molecule has 3 aromatic rings. The SMILES string of the molecule is CCn1nc(C)c(CN2CCOc3ccc([C@@H](O)CCc4ccccc4)cc3C2)c1C. The van der Waals surface area contributed by atoms with Gasteiger partial charge in [0.25, 0.3) is 0 Å². The minimum Gasteiger partial charge on any atom is -0.492 e. The van der Waals surface area contributed by atoms with Gasteiger partial charge in [0, 0.05) is 43.0 Å². The summed E-state index contributed by atoms with van der Waals surface area (Å²) in [6.07, 6.45) is 1.10. The molecule has 0 fully saturated rings. The summed E-state index contributed by atoms with van der Waals surface area (Å²) in [4.78, 5) is 2.42. The van der Waals surface area contributed by atoms with E-state index < -0.39 is 6.10 Å². The standard InChI is InChI=1S/C26H33N3O2/c1-4-29-20(3)24(19(2)27-29)18-28-14-15-31-26-13-11-22(16-23(26)17-28)25(30)12-10-21-8-6-5-7-9-21/h5-9,11,13,16,25,30H,4,10,12,14-15,17-18H2,1-3H3/t25-/m0/s1. The zero-order valence-electron chi connectivity index (χ0n) is 18.8. The third-order valence-corrected chi connectivity index (χ3v) is 6.29. The van der Waals surface area contributed by atoms with Crippen molar-refractivity contribution in [3.63, 3.8) is 0 Å². The average molecular weight is 420 g/mol. The Balaban J connectivity index is 1.47. The van der Waals surface area contributed by atoms with Gasteiger partial charge in [0.2, 0.25) is 0 Å². The summed E-state index contributed by atoms with van der Waals surface area (Å²) in [5.41, 5.74) is 7.03. The molecule has 0 bridgehead atoms. The maximum absolute atomic E-state index is 10.8. The van der Waals surface area contributed by atoms with Gasteiger partial charge in [-0.1, -0.05) is 36.4 Å². The molecular weight excluding hydrogens is 386 g/mol. The molecule has 5 nitrogen and oxygen atoms in total. The molecule has 5 heteroatoms. The molecule has 0 saturated heterocycles. The highest BCUT2D eigenvalue weighted by Crippen LogP contribution is 2.29. The van der Waals surface area contributed by atoms with Crippen molar-refractivity contribution in [2.75, 3.05) is 13.2 Å². The largest absolute Gasteiger partial charge is 0.492 e. The van der Waals surface area contributed by atoms with Gasteiger partial charge in [-0.15, -0.1) is 0 Å². The van der Waals surface area contributed by atoms with Gasteiger partial charge in [-0.2, -0.15) is 5.10 Å². The van der Waals surface area contributed by atoms with E-state index in [1.165, 1.54) is 16.8 Å². The summed E-state index contributed by atoms with van der Waals surface area (Å²) in [7, 11) is 0. The highest BCUT2D eigenvalue weighted by molar-refractivity contribution is 5.39. The summed E-state index contributed by atoms with van der Waals surface area (Å²) in [5, 5.41) is 15.5. The van der Waals surface area contributed by atoms with E-state index in [0.29, 0.717) is 13.0 Å². The normalized spacial score (nSPS) is 15.2. The highest BCUT2D eigenvalue weighted by atomic mass is 16.5. The number of rotatable bonds is 7. The van der Waals surface area contributed by atoms with Crippen LogP contribution in [0.5, 0.6) is 5.75 Å². The number of benzene rings is 2. The Bertz CT molecular complexity index is 1010. The fraction of sp³-hybridized carbons (Fsp3) is 0.423. The van der Waals surface area contributed by atoms with Gasteiger partial charge < -0.3 is 9.84 Å². The first-order valence-electron chi connectivity index (χ1n) is 11.3. The van der Waals surface area contributed by atoms with Gasteiger partial charge in [0.05, 0.1) is 11.8 Å². The molecule has 1 aromatic heterocycles. The lowest BCUT2D eigenvalue weighted by atomic mass is 9.99. The van der Waals surface area contributed by atoms with Gasteiger partial charge in [0.1, 0.15) is 12.4 Å². The lowest BCUT2D eigenvalue weighted by Gasteiger charge is -2.20. The second-order valence-corrected chi connectivity index (χ2v) is 8.43. The Morgan fingerprint density at radius 2 is 1.94 bits per heavy atom. The Morgan fingerprint density at radius 3 is 2.68 bits per heavy atom. The molecule has 4 rings (SSSR count). The van der Waals surface area contributed by atoms with E-state index in [-0.39, 0.29) is 0 Å². The summed E-state index contributed by atoms with van der Waals surface area (Å²) in [6.45, 7) is 10.5. The van der Waals surface area contributed by atoms with Crippen LogP contribution in [0.1, 0.15) is 53.1 Å². The smallest absolute Gasteiger partial charge is 0.123 e. The van der Waals surface area contributed by atoms with Crippen LogP contribution in [-0.2, 0) is 26.1 Å². The number of aliphatic hydroxyl groups is 1. The number of hydrogen-bond donors (Lipinski definition) is 1. The number of aryl methyl sites for hydroxylation is 3. The lowest BCUT2D eigenvalue weighted by molar-refractivity contribution is 0.167. The monoisotopic (exact) mass is 419 g/mol. The molecule has 1 aliphatic heterocycles. The van der Waals surface area contributed by atoms with E-state index in [1.807, 2.05) is 30.3 Å². The zero-order valence-corrected chi connectivity index (χ0v) is 18.8. The van der Waals surface area contributed by atoms with Crippen LogP contribution in [0, 0.1) is 13.8 Å². The Labute approximate surface area is 185 Å². The van der Waals surface area contributed by atoms with Crippen LogP contribution >= 0.6 is 0 Å². The highest BCUT2D eigenvalue weighted by Gasteiger charge is 2.20. The lowest BCUT2D eigenvalue weighted by Crippen LogP contribution is -2.25. The molecule has 1 N–H and O–H groups in total. The predicted octanol–water partition coefficient (Wildman–Crippen LogP) is 4.58.